The largest absolute Gasteiger partial charge is 0.455 e. The maximum atomic E-state index is 13.2. The lowest BCUT2D eigenvalue weighted by Crippen LogP contribution is -2.37. The summed E-state index contributed by atoms with van der Waals surface area (Å²) in [4.78, 5) is 13.0. The number of ether oxygens (including phenoxy) is 1. The van der Waals surface area contributed by atoms with E-state index >= 15 is 0 Å². The van der Waals surface area contributed by atoms with E-state index < -0.39 is 15.9 Å². The Morgan fingerprint density at radius 2 is 1.52 bits per heavy atom. The lowest BCUT2D eigenvalue weighted by molar-refractivity contribution is -0.116. The fraction of sp³-hybridized carbons (Fsp3) is 0.115. The SMILES string of the molecule is CCN(CC(=O)Nc1ccccc1Oc1ccccc1)S(=O)(=O)c1ccc2ccccc2c1. The van der Waals surface area contributed by atoms with Crippen LogP contribution in [-0.2, 0) is 14.8 Å². The summed E-state index contributed by atoms with van der Waals surface area (Å²) in [5.74, 6) is 0.649. The van der Waals surface area contributed by atoms with Crippen LogP contribution in [0.25, 0.3) is 10.8 Å². The smallest absolute Gasteiger partial charge is 0.243 e. The van der Waals surface area contributed by atoms with Gasteiger partial charge in [0.2, 0.25) is 15.9 Å². The van der Waals surface area contributed by atoms with Gasteiger partial charge in [-0.1, -0.05) is 67.6 Å². The van der Waals surface area contributed by atoms with Gasteiger partial charge in [0.25, 0.3) is 0 Å². The van der Waals surface area contributed by atoms with Crippen LogP contribution in [0.3, 0.4) is 0 Å². The van der Waals surface area contributed by atoms with Crippen molar-refractivity contribution in [3.8, 4) is 11.5 Å². The summed E-state index contributed by atoms with van der Waals surface area (Å²) in [5.41, 5.74) is 0.463. The molecule has 0 aliphatic heterocycles. The molecular weight excluding hydrogens is 436 g/mol. The van der Waals surface area contributed by atoms with Crippen molar-refractivity contribution >= 4 is 32.4 Å². The van der Waals surface area contributed by atoms with E-state index in [2.05, 4.69) is 5.32 Å². The molecule has 1 amide bonds. The average Bonchev–Trinajstić information content (AvgIpc) is 2.84. The third-order valence-corrected chi connectivity index (χ3v) is 7.08. The van der Waals surface area contributed by atoms with Crippen LogP contribution in [0.4, 0.5) is 5.69 Å². The van der Waals surface area contributed by atoms with E-state index in [1.54, 1.807) is 49.4 Å². The van der Waals surface area contributed by atoms with Crippen molar-refractivity contribution in [1.82, 2.24) is 4.31 Å². The molecule has 0 unspecified atom stereocenters. The molecule has 33 heavy (non-hydrogen) atoms. The lowest BCUT2D eigenvalue weighted by atomic mass is 10.1. The number of carbonyl (C=O) groups excluding carboxylic acids is 1. The van der Waals surface area contributed by atoms with Crippen LogP contribution in [0, 0.1) is 0 Å². The number of benzene rings is 4. The molecule has 0 aliphatic carbocycles. The highest BCUT2D eigenvalue weighted by atomic mass is 32.2. The highest BCUT2D eigenvalue weighted by Crippen LogP contribution is 2.29. The minimum absolute atomic E-state index is 0.156. The maximum Gasteiger partial charge on any atom is 0.243 e. The molecule has 0 bridgehead atoms. The van der Waals surface area contributed by atoms with Crippen molar-refractivity contribution in [2.24, 2.45) is 0 Å². The zero-order valence-corrected chi connectivity index (χ0v) is 19.0. The Balaban J connectivity index is 1.51. The van der Waals surface area contributed by atoms with Crippen molar-refractivity contribution in [3.05, 3.63) is 97.1 Å². The normalized spacial score (nSPS) is 11.5. The van der Waals surface area contributed by atoms with Gasteiger partial charge in [-0.05, 0) is 47.2 Å². The first-order valence-corrected chi connectivity index (χ1v) is 12.0. The summed E-state index contributed by atoms with van der Waals surface area (Å²) in [6.45, 7) is 1.55. The Bertz CT molecular complexity index is 1370. The number of rotatable bonds is 8. The quantitative estimate of drug-likeness (QED) is 0.388. The van der Waals surface area contributed by atoms with E-state index in [0.717, 1.165) is 15.1 Å². The number of para-hydroxylation sites is 3. The number of likely N-dealkylation sites (N-methyl/N-ethyl adjacent to an activating group) is 1. The van der Waals surface area contributed by atoms with Gasteiger partial charge in [-0.3, -0.25) is 4.79 Å². The predicted octanol–water partition coefficient (Wildman–Crippen LogP) is 5.28. The van der Waals surface area contributed by atoms with E-state index in [9.17, 15) is 13.2 Å². The molecule has 0 fully saturated rings. The molecule has 4 aromatic carbocycles. The van der Waals surface area contributed by atoms with Crippen LogP contribution < -0.4 is 10.1 Å². The highest BCUT2D eigenvalue weighted by molar-refractivity contribution is 7.89. The van der Waals surface area contributed by atoms with Gasteiger partial charge >= 0.3 is 0 Å². The van der Waals surface area contributed by atoms with Crippen LogP contribution in [0.15, 0.2) is 102 Å². The molecule has 1 N–H and O–H groups in total. The van der Waals surface area contributed by atoms with Gasteiger partial charge in [0.05, 0.1) is 17.1 Å². The molecular formula is C26H24N2O4S. The third kappa shape index (κ3) is 5.22. The first-order valence-electron chi connectivity index (χ1n) is 10.6. The average molecular weight is 461 g/mol. The van der Waals surface area contributed by atoms with Crippen LogP contribution >= 0.6 is 0 Å². The Kier molecular flexibility index (Phi) is 6.72. The van der Waals surface area contributed by atoms with E-state index in [1.807, 2.05) is 54.6 Å². The van der Waals surface area contributed by atoms with Crippen LogP contribution in [0.2, 0.25) is 0 Å². The Hall–Kier alpha value is -3.68. The monoisotopic (exact) mass is 460 g/mol. The van der Waals surface area contributed by atoms with Gasteiger partial charge in [-0.15, -0.1) is 0 Å². The van der Waals surface area contributed by atoms with Crippen LogP contribution in [-0.4, -0.2) is 31.7 Å². The van der Waals surface area contributed by atoms with E-state index in [4.69, 9.17) is 4.74 Å². The molecule has 168 valence electrons. The van der Waals surface area contributed by atoms with Crippen molar-refractivity contribution in [2.45, 2.75) is 11.8 Å². The minimum atomic E-state index is -3.85. The van der Waals surface area contributed by atoms with Gasteiger partial charge in [0.15, 0.2) is 5.75 Å². The number of sulfonamides is 1. The molecule has 0 aromatic heterocycles. The summed E-state index contributed by atoms with van der Waals surface area (Å²) >= 11 is 0. The zero-order valence-electron chi connectivity index (χ0n) is 18.1. The molecule has 4 rings (SSSR count). The number of amides is 1. The van der Waals surface area contributed by atoms with E-state index in [-0.39, 0.29) is 18.0 Å². The number of fused-ring (bicyclic) bond motifs is 1. The Morgan fingerprint density at radius 3 is 2.27 bits per heavy atom. The fourth-order valence-corrected chi connectivity index (χ4v) is 4.91. The fourth-order valence-electron chi connectivity index (χ4n) is 3.47. The first-order chi connectivity index (χ1) is 16.0. The van der Waals surface area contributed by atoms with Crippen molar-refractivity contribution < 1.29 is 17.9 Å². The van der Waals surface area contributed by atoms with Crippen LogP contribution in [0.5, 0.6) is 11.5 Å². The lowest BCUT2D eigenvalue weighted by Gasteiger charge is -2.21. The van der Waals surface area contributed by atoms with Gasteiger partial charge in [-0.25, -0.2) is 8.42 Å². The molecule has 6 nitrogen and oxygen atoms in total. The second-order valence-corrected chi connectivity index (χ2v) is 9.34. The molecule has 7 heteroatoms. The number of nitrogens with zero attached hydrogens (tertiary/aromatic N) is 1. The second kappa shape index (κ2) is 9.85. The third-order valence-electron chi connectivity index (χ3n) is 5.16. The maximum absolute atomic E-state index is 13.2. The summed E-state index contributed by atoms with van der Waals surface area (Å²) in [5, 5.41) is 4.55. The molecule has 0 saturated carbocycles. The number of carbonyl (C=O) groups is 1. The van der Waals surface area contributed by atoms with E-state index in [0.29, 0.717) is 17.2 Å². The van der Waals surface area contributed by atoms with E-state index in [1.165, 1.54) is 0 Å². The molecule has 0 atom stereocenters. The molecule has 0 aliphatic rings. The number of nitrogens with one attached hydrogen (secondary N) is 1. The molecule has 0 saturated heterocycles. The highest BCUT2D eigenvalue weighted by Gasteiger charge is 2.26. The number of anilines is 1. The van der Waals surface area contributed by atoms with Gasteiger partial charge < -0.3 is 10.1 Å². The number of hydrogen-bond acceptors (Lipinski definition) is 4. The first kappa shape index (κ1) is 22.5. The van der Waals surface area contributed by atoms with Crippen molar-refractivity contribution in [3.63, 3.8) is 0 Å². The topological polar surface area (TPSA) is 75.7 Å². The van der Waals surface area contributed by atoms with Crippen molar-refractivity contribution in [2.75, 3.05) is 18.4 Å². The predicted molar refractivity (Wildman–Crippen MR) is 130 cm³/mol. The summed E-state index contributed by atoms with van der Waals surface area (Å²) in [7, 11) is -3.85. The van der Waals surface area contributed by atoms with Crippen molar-refractivity contribution in [1.29, 1.82) is 0 Å². The second-order valence-electron chi connectivity index (χ2n) is 7.40. The molecule has 0 radical (unpaired) electrons. The zero-order chi connectivity index (χ0) is 23.3. The van der Waals surface area contributed by atoms with Crippen LogP contribution in [0.1, 0.15) is 6.92 Å². The Morgan fingerprint density at radius 1 is 0.848 bits per heavy atom. The van der Waals surface area contributed by atoms with Gasteiger partial charge in [0.1, 0.15) is 5.75 Å². The minimum Gasteiger partial charge on any atom is -0.455 e. The molecule has 0 spiro atoms. The standard InChI is InChI=1S/C26H24N2O4S/c1-2-28(33(30,31)23-17-16-20-10-6-7-11-21(20)18-23)19-26(29)27-24-14-8-9-15-25(24)32-22-12-4-3-5-13-22/h3-18H,2,19H2,1H3,(H,27,29). The molecule has 4 aromatic rings. The summed E-state index contributed by atoms with van der Waals surface area (Å²) in [6.07, 6.45) is 0. The van der Waals surface area contributed by atoms with Gasteiger partial charge in [0, 0.05) is 6.54 Å². The summed E-state index contributed by atoms with van der Waals surface area (Å²) < 4.78 is 33.5. The Labute approximate surface area is 193 Å². The van der Waals surface area contributed by atoms with Gasteiger partial charge in [-0.2, -0.15) is 4.31 Å². The summed E-state index contributed by atoms with van der Waals surface area (Å²) in [6, 6.07) is 28.8. The number of hydrogen-bond donors (Lipinski definition) is 1. The molecule has 0 heterocycles.